The van der Waals surface area contributed by atoms with Gasteiger partial charge in [0.1, 0.15) is 5.75 Å². The van der Waals surface area contributed by atoms with Gasteiger partial charge in [0, 0.05) is 13.0 Å². The third kappa shape index (κ3) is 5.51. The average Bonchev–Trinajstić information content (AvgIpc) is 2.37. The number of benzene rings is 1. The quantitative estimate of drug-likeness (QED) is 0.775. The Morgan fingerprint density at radius 2 is 1.81 bits per heavy atom. The fourth-order valence-electron chi connectivity index (χ4n) is 1.53. The maximum absolute atomic E-state index is 11.3. The van der Waals surface area contributed by atoms with E-state index in [1.807, 2.05) is 18.2 Å². The van der Waals surface area contributed by atoms with E-state index in [-0.39, 0.29) is 5.04 Å². The molecule has 1 atom stereocenters. The number of aliphatic carboxylic acids is 1. The van der Waals surface area contributed by atoms with Crippen molar-refractivity contribution in [2.75, 3.05) is 6.61 Å². The number of rotatable bonds is 7. The van der Waals surface area contributed by atoms with Crippen molar-refractivity contribution in [1.29, 1.82) is 0 Å². The van der Waals surface area contributed by atoms with E-state index >= 15 is 0 Å². The van der Waals surface area contributed by atoms with Gasteiger partial charge >= 0.3 is 5.97 Å². The smallest absolute Gasteiger partial charge is 0.344 e. The van der Waals surface area contributed by atoms with Crippen LogP contribution >= 0.6 is 0 Å². The molecule has 4 nitrogen and oxygen atoms in total. The van der Waals surface area contributed by atoms with Crippen LogP contribution in [0.5, 0.6) is 5.75 Å². The maximum Gasteiger partial charge on any atom is 0.344 e. The van der Waals surface area contributed by atoms with Crippen LogP contribution in [0, 0.1) is 0 Å². The summed E-state index contributed by atoms with van der Waals surface area (Å²) in [6.45, 7) is 11.2. The molecule has 0 saturated carbocycles. The van der Waals surface area contributed by atoms with Gasteiger partial charge < -0.3 is 14.3 Å². The minimum Gasteiger partial charge on any atom is -0.479 e. The minimum atomic E-state index is -1.85. The summed E-state index contributed by atoms with van der Waals surface area (Å²) in [4.78, 5) is 11.3. The fourth-order valence-corrected chi connectivity index (χ4v) is 2.59. The highest BCUT2D eigenvalue weighted by atomic mass is 28.4. The SMILES string of the molecule is CC(C)(C)[Si](C)(C)OCCC(Oc1ccccc1)C(=O)O. The molecule has 0 amide bonds. The van der Waals surface area contributed by atoms with Crippen LogP contribution in [0.3, 0.4) is 0 Å². The summed E-state index contributed by atoms with van der Waals surface area (Å²) < 4.78 is 11.5. The van der Waals surface area contributed by atoms with Crippen LogP contribution in [0.25, 0.3) is 0 Å². The number of carbonyl (C=O) groups is 1. The Morgan fingerprint density at radius 3 is 2.29 bits per heavy atom. The molecule has 0 saturated heterocycles. The number of carboxylic acids is 1. The molecule has 1 aromatic rings. The van der Waals surface area contributed by atoms with E-state index in [0.717, 1.165) is 0 Å². The Bertz CT molecular complexity index is 451. The second-order valence-corrected chi connectivity index (χ2v) is 11.5. The molecule has 0 heterocycles. The van der Waals surface area contributed by atoms with Gasteiger partial charge in [-0.05, 0) is 30.3 Å². The summed E-state index contributed by atoms with van der Waals surface area (Å²) in [5.41, 5.74) is 0. The van der Waals surface area contributed by atoms with Gasteiger partial charge in [0.25, 0.3) is 0 Å². The zero-order valence-corrected chi connectivity index (χ0v) is 14.6. The van der Waals surface area contributed by atoms with Crippen molar-refractivity contribution in [3.63, 3.8) is 0 Å². The lowest BCUT2D eigenvalue weighted by atomic mass is 10.2. The summed E-state index contributed by atoms with van der Waals surface area (Å²) >= 11 is 0. The normalized spacial score (nSPS) is 13.8. The zero-order valence-electron chi connectivity index (χ0n) is 13.6. The molecule has 0 fully saturated rings. The molecule has 0 bridgehead atoms. The van der Waals surface area contributed by atoms with Crippen LogP contribution in [0.15, 0.2) is 30.3 Å². The summed E-state index contributed by atoms with van der Waals surface area (Å²) in [7, 11) is -1.85. The van der Waals surface area contributed by atoms with Gasteiger partial charge in [-0.25, -0.2) is 4.79 Å². The summed E-state index contributed by atoms with van der Waals surface area (Å²) in [5.74, 6) is -0.394. The lowest BCUT2D eigenvalue weighted by molar-refractivity contribution is -0.145. The first-order valence-electron chi connectivity index (χ1n) is 7.22. The first kappa shape index (κ1) is 17.7. The van der Waals surface area contributed by atoms with Gasteiger partial charge in [-0.15, -0.1) is 0 Å². The molecular weight excluding hydrogens is 284 g/mol. The first-order chi connectivity index (χ1) is 9.63. The van der Waals surface area contributed by atoms with Crippen LogP contribution in [0.4, 0.5) is 0 Å². The van der Waals surface area contributed by atoms with Gasteiger partial charge in [0.05, 0.1) is 0 Å². The van der Waals surface area contributed by atoms with Crippen LogP contribution in [-0.4, -0.2) is 32.1 Å². The molecule has 1 N–H and O–H groups in total. The molecule has 0 aliphatic rings. The Balaban J connectivity index is 2.55. The van der Waals surface area contributed by atoms with Crippen molar-refractivity contribution < 1.29 is 19.1 Å². The van der Waals surface area contributed by atoms with E-state index in [4.69, 9.17) is 9.16 Å². The molecule has 1 aromatic carbocycles. The standard InChI is InChI=1S/C16H26O4Si/c1-16(2,3)21(4,5)19-12-11-14(15(17)18)20-13-9-7-6-8-10-13/h6-10,14H,11-12H2,1-5H3,(H,17,18). The minimum absolute atomic E-state index is 0.117. The predicted octanol–water partition coefficient (Wildman–Crippen LogP) is 3.93. The van der Waals surface area contributed by atoms with Crippen LogP contribution < -0.4 is 4.74 Å². The first-order valence-corrected chi connectivity index (χ1v) is 10.1. The maximum atomic E-state index is 11.3. The van der Waals surface area contributed by atoms with E-state index in [2.05, 4.69) is 33.9 Å². The topological polar surface area (TPSA) is 55.8 Å². The molecule has 0 aromatic heterocycles. The largest absolute Gasteiger partial charge is 0.479 e. The number of hydrogen-bond donors (Lipinski definition) is 1. The average molecular weight is 310 g/mol. The lowest BCUT2D eigenvalue weighted by Gasteiger charge is -2.36. The summed E-state index contributed by atoms with van der Waals surface area (Å²) in [6.07, 6.45) is -0.534. The van der Waals surface area contributed by atoms with E-state index in [0.29, 0.717) is 18.8 Å². The molecule has 5 heteroatoms. The van der Waals surface area contributed by atoms with E-state index < -0.39 is 20.4 Å². The molecule has 0 radical (unpaired) electrons. The van der Waals surface area contributed by atoms with Gasteiger partial charge in [0.15, 0.2) is 14.4 Å². The molecule has 0 aliphatic heterocycles. The number of ether oxygens (including phenoxy) is 1. The van der Waals surface area contributed by atoms with Crippen molar-refractivity contribution in [3.05, 3.63) is 30.3 Å². The molecule has 21 heavy (non-hydrogen) atoms. The molecule has 118 valence electrons. The van der Waals surface area contributed by atoms with Crippen LogP contribution in [0.1, 0.15) is 27.2 Å². The fraction of sp³-hybridized carbons (Fsp3) is 0.562. The second kappa shape index (κ2) is 7.09. The predicted molar refractivity (Wildman–Crippen MR) is 86.3 cm³/mol. The summed E-state index contributed by atoms with van der Waals surface area (Å²) in [5, 5.41) is 9.37. The highest BCUT2D eigenvalue weighted by Crippen LogP contribution is 2.36. The van der Waals surface area contributed by atoms with E-state index in [9.17, 15) is 9.90 Å². The van der Waals surface area contributed by atoms with Crippen LogP contribution in [0.2, 0.25) is 18.1 Å². The van der Waals surface area contributed by atoms with E-state index in [1.165, 1.54) is 0 Å². The van der Waals surface area contributed by atoms with Gasteiger partial charge in [-0.3, -0.25) is 0 Å². The second-order valence-electron chi connectivity index (χ2n) is 6.66. The summed E-state index contributed by atoms with van der Waals surface area (Å²) in [6, 6.07) is 9.01. The molecule has 0 aliphatic carbocycles. The Kier molecular flexibility index (Phi) is 5.98. The van der Waals surface area contributed by atoms with Crippen molar-refractivity contribution >= 4 is 14.3 Å². The third-order valence-electron chi connectivity index (χ3n) is 3.95. The Hall–Kier alpha value is -1.33. The number of para-hydroxylation sites is 1. The molecule has 1 rings (SSSR count). The lowest BCUT2D eigenvalue weighted by Crippen LogP contribution is -2.42. The number of hydrogen-bond acceptors (Lipinski definition) is 3. The third-order valence-corrected chi connectivity index (χ3v) is 8.48. The van der Waals surface area contributed by atoms with Gasteiger partial charge in [-0.1, -0.05) is 39.0 Å². The molecule has 1 unspecified atom stereocenters. The van der Waals surface area contributed by atoms with Crippen molar-refractivity contribution in [2.24, 2.45) is 0 Å². The Morgan fingerprint density at radius 1 is 1.24 bits per heavy atom. The highest BCUT2D eigenvalue weighted by molar-refractivity contribution is 6.74. The van der Waals surface area contributed by atoms with Gasteiger partial charge in [-0.2, -0.15) is 0 Å². The highest BCUT2D eigenvalue weighted by Gasteiger charge is 2.37. The van der Waals surface area contributed by atoms with Crippen LogP contribution in [-0.2, 0) is 9.22 Å². The van der Waals surface area contributed by atoms with E-state index in [1.54, 1.807) is 12.1 Å². The zero-order chi connectivity index (χ0) is 16.1. The van der Waals surface area contributed by atoms with Gasteiger partial charge in [0.2, 0.25) is 0 Å². The molecular formula is C16H26O4Si. The monoisotopic (exact) mass is 310 g/mol. The van der Waals surface area contributed by atoms with Crippen molar-refractivity contribution in [2.45, 2.75) is 51.4 Å². The number of carboxylic acid groups (broad SMARTS) is 1. The molecule has 0 spiro atoms. The Labute approximate surface area is 128 Å². The van der Waals surface area contributed by atoms with Crippen molar-refractivity contribution in [1.82, 2.24) is 0 Å². The van der Waals surface area contributed by atoms with Crippen molar-refractivity contribution in [3.8, 4) is 5.75 Å².